The van der Waals surface area contributed by atoms with Crippen molar-refractivity contribution in [3.05, 3.63) is 35.5 Å². The number of hydrogen-bond donors (Lipinski definition) is 1. The standard InChI is InChI=1S/C30H35IN6O3P.Pb/c1-3-39-28-26(25-18(2)4-7-24-23(25)17-33-37(24)41-31)21(19-5-6-19)16-22-27(28)34-30(40-20-8-14-38-15-9-20)35-29(22)36-12-10-32-11-13-36;/h3-4,7,16-17,19-20,32,41H,5-6,8-15H2,1-2H3;. The molecule has 2 unspecified atom stereocenters. The number of anilines is 1. The predicted octanol–water partition coefficient (Wildman–Crippen LogP) is 5.48. The Bertz CT molecular complexity index is 1620. The SMILES string of the molecule is Cc1ccc2c(cnn2PI)c1-c1c(C2CC2)cc2c(N3CCNCC3)nc(OC3CCOCC3)nc2c1O[CH](C)[Pb]. The molecule has 2 atom stereocenters. The Morgan fingerprint density at radius 3 is 2.60 bits per heavy atom. The Labute approximate surface area is 276 Å². The molecule has 1 N–H and O–H groups in total. The second-order valence-electron chi connectivity index (χ2n) is 11.4. The molecule has 0 spiro atoms. The third-order valence-electron chi connectivity index (χ3n) is 8.40. The summed E-state index contributed by atoms with van der Waals surface area (Å²) in [5.41, 5.74) is 6.96. The molecule has 4 aromatic rings. The van der Waals surface area contributed by atoms with Crippen molar-refractivity contribution in [3.63, 3.8) is 0 Å². The molecule has 0 bridgehead atoms. The van der Waals surface area contributed by atoms with E-state index in [1.54, 1.807) is 0 Å². The van der Waals surface area contributed by atoms with E-state index in [0.717, 1.165) is 92.8 Å². The third-order valence-corrected chi connectivity index (χ3v) is 10.7. The minimum atomic E-state index is 0.0510. The van der Waals surface area contributed by atoms with E-state index in [2.05, 4.69) is 68.8 Å². The molecule has 12 heteroatoms. The number of nitrogens with one attached hydrogen (secondary N) is 1. The van der Waals surface area contributed by atoms with Crippen LogP contribution < -0.4 is 19.7 Å². The van der Waals surface area contributed by atoms with Gasteiger partial charge in [0.2, 0.25) is 0 Å². The van der Waals surface area contributed by atoms with E-state index in [9.17, 15) is 0 Å². The third kappa shape index (κ3) is 5.75. The molecule has 2 aliphatic heterocycles. The molecular weight excluding hydrogens is 857 g/mol. The average molecular weight is 893 g/mol. The van der Waals surface area contributed by atoms with Crippen molar-refractivity contribution >= 4 is 81.8 Å². The van der Waals surface area contributed by atoms with Crippen molar-refractivity contribution in [3.8, 4) is 22.9 Å². The summed E-state index contributed by atoms with van der Waals surface area (Å²) in [6, 6.07) is 7.25. The van der Waals surface area contributed by atoms with Gasteiger partial charge in [0, 0.05) is 0 Å². The van der Waals surface area contributed by atoms with Gasteiger partial charge in [0.1, 0.15) is 0 Å². The summed E-state index contributed by atoms with van der Waals surface area (Å²) in [6.07, 6.45) is 6.69. The van der Waals surface area contributed by atoms with Crippen LogP contribution in [0.5, 0.6) is 11.8 Å². The monoisotopic (exact) mass is 893 g/mol. The van der Waals surface area contributed by atoms with Crippen molar-refractivity contribution in [1.29, 1.82) is 0 Å². The Kier molecular flexibility index (Phi) is 8.79. The van der Waals surface area contributed by atoms with Gasteiger partial charge in [-0.15, -0.1) is 0 Å². The van der Waals surface area contributed by atoms with E-state index in [1.807, 2.05) is 6.20 Å². The van der Waals surface area contributed by atoms with E-state index in [1.165, 1.54) is 40.5 Å². The maximum atomic E-state index is 6.89. The topological polar surface area (TPSA) is 86.6 Å². The number of benzene rings is 2. The number of nitrogens with zero attached hydrogens (tertiary/aromatic N) is 5. The number of fused-ring (bicyclic) bond motifs is 2. The van der Waals surface area contributed by atoms with E-state index in [-0.39, 0.29) is 9.77 Å². The van der Waals surface area contributed by atoms with Crippen LogP contribution in [0, 0.1) is 6.92 Å². The molecule has 9 nitrogen and oxygen atoms in total. The maximum absolute atomic E-state index is 6.89. The van der Waals surface area contributed by atoms with E-state index >= 15 is 0 Å². The first kappa shape index (κ1) is 29.4. The summed E-state index contributed by atoms with van der Waals surface area (Å²) in [5, 5.41) is 10.5. The molecule has 2 aromatic carbocycles. The van der Waals surface area contributed by atoms with Crippen molar-refractivity contribution < 1.29 is 14.2 Å². The Hall–Kier alpha value is -1.35. The second-order valence-corrected chi connectivity index (χ2v) is 16.6. The summed E-state index contributed by atoms with van der Waals surface area (Å²) in [4.78, 5) is 12.7. The van der Waals surface area contributed by atoms with Gasteiger partial charge in [0.15, 0.2) is 0 Å². The fraction of sp³-hybridized carbons (Fsp3) is 0.500. The van der Waals surface area contributed by atoms with Gasteiger partial charge in [-0.3, -0.25) is 0 Å². The normalized spacial score (nSPS) is 19.3. The molecule has 3 aliphatic rings. The van der Waals surface area contributed by atoms with Gasteiger partial charge in [0.05, 0.1) is 0 Å². The van der Waals surface area contributed by atoms with Crippen LogP contribution in [0.3, 0.4) is 0 Å². The van der Waals surface area contributed by atoms with E-state index in [0.29, 0.717) is 31.5 Å². The van der Waals surface area contributed by atoms with Crippen molar-refractivity contribution in [1.82, 2.24) is 24.8 Å². The Balaban J connectivity index is 1.52. The van der Waals surface area contributed by atoms with Gasteiger partial charge >= 0.3 is 279 Å². The first-order valence-electron chi connectivity index (χ1n) is 14.8. The zero-order valence-electron chi connectivity index (χ0n) is 24.0. The van der Waals surface area contributed by atoms with Crippen LogP contribution in [0.1, 0.15) is 49.7 Å². The number of hydrogen-bond acceptors (Lipinski definition) is 8. The van der Waals surface area contributed by atoms with Gasteiger partial charge in [0.25, 0.3) is 0 Å². The van der Waals surface area contributed by atoms with Gasteiger partial charge in [-0.05, 0) is 0 Å². The second kappa shape index (κ2) is 12.6. The Morgan fingerprint density at radius 1 is 1.10 bits per heavy atom. The minimum absolute atomic E-state index is 0.0510. The fourth-order valence-electron chi connectivity index (χ4n) is 6.21. The predicted molar refractivity (Wildman–Crippen MR) is 178 cm³/mol. The van der Waals surface area contributed by atoms with E-state index < -0.39 is 0 Å². The number of aryl methyl sites for hydroxylation is 1. The van der Waals surface area contributed by atoms with Crippen LogP contribution >= 0.6 is 28.4 Å². The Morgan fingerprint density at radius 2 is 1.88 bits per heavy atom. The van der Waals surface area contributed by atoms with Crippen molar-refractivity contribution in [2.45, 2.75) is 55.2 Å². The fourth-order valence-corrected chi connectivity index (χ4v) is 8.21. The molecule has 7 rings (SSSR count). The zero-order valence-corrected chi connectivity index (χ0v) is 31.0. The van der Waals surface area contributed by atoms with Gasteiger partial charge in [-0.2, -0.15) is 0 Å². The summed E-state index contributed by atoms with van der Waals surface area (Å²) in [6.45, 7) is 9.43. The van der Waals surface area contributed by atoms with Crippen molar-refractivity contribution in [2.75, 3.05) is 44.3 Å². The first-order chi connectivity index (χ1) is 20.5. The van der Waals surface area contributed by atoms with Crippen LogP contribution in [0.2, 0.25) is 0 Å². The van der Waals surface area contributed by atoms with Crippen LogP contribution in [0.25, 0.3) is 32.9 Å². The summed E-state index contributed by atoms with van der Waals surface area (Å²) in [5.74, 6) is 2.32. The molecule has 2 aromatic heterocycles. The molecule has 2 saturated heterocycles. The summed E-state index contributed by atoms with van der Waals surface area (Å²) in [7, 11) is 0. The van der Waals surface area contributed by atoms with Gasteiger partial charge < -0.3 is 0 Å². The molecule has 3 fully saturated rings. The van der Waals surface area contributed by atoms with Gasteiger partial charge in [-0.25, -0.2) is 0 Å². The van der Waals surface area contributed by atoms with Crippen LogP contribution in [0.4, 0.5) is 5.82 Å². The van der Waals surface area contributed by atoms with Crippen LogP contribution in [-0.4, -0.2) is 94.4 Å². The molecule has 1 aliphatic carbocycles. The average Bonchev–Trinajstić information content (AvgIpc) is 3.77. The van der Waals surface area contributed by atoms with Crippen LogP contribution in [-0.2, 0) is 4.74 Å². The molecule has 0 amide bonds. The number of ether oxygens (including phenoxy) is 3. The van der Waals surface area contributed by atoms with Gasteiger partial charge in [-0.1, -0.05) is 0 Å². The van der Waals surface area contributed by atoms with E-state index in [4.69, 9.17) is 29.3 Å². The number of aromatic nitrogens is 4. The van der Waals surface area contributed by atoms with Crippen molar-refractivity contribution in [2.24, 2.45) is 0 Å². The first-order valence-corrected chi connectivity index (χ1v) is 21.1. The molecule has 3 radical (unpaired) electrons. The molecule has 42 heavy (non-hydrogen) atoms. The number of rotatable bonds is 8. The molecule has 1 saturated carbocycles. The number of piperazine rings is 1. The summed E-state index contributed by atoms with van der Waals surface area (Å²) < 4.78 is 21.2. The molecule has 219 valence electrons. The molecular formula is C30H35IN6O3PPb. The van der Waals surface area contributed by atoms with Crippen LogP contribution in [0.15, 0.2) is 24.4 Å². The summed E-state index contributed by atoms with van der Waals surface area (Å²) >= 11 is 3.31. The number of halogens is 1. The zero-order chi connectivity index (χ0) is 28.8. The quantitative estimate of drug-likeness (QED) is 0.142. The molecule has 4 heterocycles.